The van der Waals surface area contributed by atoms with Crippen LogP contribution in [0.15, 0.2) is 23.5 Å². The fourth-order valence-electron chi connectivity index (χ4n) is 1.05. The normalized spacial score (nSPS) is 15.9. The van der Waals surface area contributed by atoms with Crippen LogP contribution in [0.1, 0.15) is 15.8 Å². The number of benzene rings is 1. The number of aromatic hydroxyl groups is 2. The van der Waals surface area contributed by atoms with Gasteiger partial charge in [0.25, 0.3) is 0 Å². The Morgan fingerprint density at radius 1 is 1.53 bits per heavy atom. The molecule has 0 aromatic heterocycles. The molecule has 0 radical (unpaired) electrons. The standard InChI is InChI=1S/C9H12N2O4/c1-11(10-15)5-9(14)6-2-3-7(12)8(13)4-6/h2-4,9,12-14H,5H2,1H3/t9-/m1/s1/i1D3. The van der Waals surface area contributed by atoms with E-state index in [4.69, 9.17) is 9.22 Å². The van der Waals surface area contributed by atoms with Crippen LogP contribution in [0.4, 0.5) is 0 Å². The van der Waals surface area contributed by atoms with Gasteiger partial charge in [-0.15, -0.1) is 4.91 Å². The minimum absolute atomic E-state index is 0.156. The molecule has 82 valence electrons. The molecule has 0 bridgehead atoms. The van der Waals surface area contributed by atoms with Crippen LogP contribution in [0.3, 0.4) is 0 Å². The molecule has 0 unspecified atom stereocenters. The topological polar surface area (TPSA) is 93.4 Å². The minimum atomic E-state index is -2.75. The maximum atomic E-state index is 10.4. The fraction of sp³-hybridized carbons (Fsp3) is 0.333. The summed E-state index contributed by atoms with van der Waals surface area (Å²) in [6, 6.07) is 3.51. The number of rotatable bonds is 4. The molecule has 6 heteroatoms. The Hall–Kier alpha value is -1.82. The number of likely N-dealkylation sites (N-methyl/N-ethyl adjacent to an activating group) is 1. The second-order valence-corrected chi connectivity index (χ2v) is 2.93. The van der Waals surface area contributed by atoms with E-state index in [1.54, 1.807) is 0 Å². The summed E-state index contributed by atoms with van der Waals surface area (Å²) in [6.45, 7) is -3.30. The van der Waals surface area contributed by atoms with Crippen molar-refractivity contribution in [2.45, 2.75) is 6.10 Å². The van der Waals surface area contributed by atoms with Gasteiger partial charge < -0.3 is 15.3 Å². The SMILES string of the molecule is [2H]C([2H])([2H])N(C[C@@H](O)c1ccc(O)c(O)c1)N=O. The van der Waals surface area contributed by atoms with Gasteiger partial charge in [0.15, 0.2) is 11.5 Å². The summed E-state index contributed by atoms with van der Waals surface area (Å²) in [4.78, 5) is 10.4. The molecule has 0 heterocycles. The lowest BCUT2D eigenvalue weighted by atomic mass is 10.1. The van der Waals surface area contributed by atoms with Gasteiger partial charge in [0.2, 0.25) is 0 Å². The van der Waals surface area contributed by atoms with Gasteiger partial charge in [0.1, 0.15) is 0 Å². The zero-order valence-corrected chi connectivity index (χ0v) is 7.66. The maximum Gasteiger partial charge on any atom is 0.157 e. The molecule has 6 nitrogen and oxygen atoms in total. The largest absolute Gasteiger partial charge is 0.504 e. The molecular weight excluding hydrogens is 200 g/mol. The van der Waals surface area contributed by atoms with E-state index >= 15 is 0 Å². The van der Waals surface area contributed by atoms with Crippen molar-refractivity contribution >= 4 is 0 Å². The molecule has 1 aromatic rings. The van der Waals surface area contributed by atoms with E-state index in [-0.39, 0.29) is 16.3 Å². The Labute approximate surface area is 90.5 Å². The zero-order valence-electron chi connectivity index (χ0n) is 10.7. The zero-order chi connectivity index (χ0) is 13.9. The highest BCUT2D eigenvalue weighted by Gasteiger charge is 2.12. The van der Waals surface area contributed by atoms with Gasteiger partial charge in [-0.25, -0.2) is 0 Å². The smallest absolute Gasteiger partial charge is 0.157 e. The number of phenolic OH excluding ortho intramolecular Hbond substituents is 2. The van der Waals surface area contributed by atoms with Crippen molar-refractivity contribution in [2.24, 2.45) is 5.29 Å². The summed E-state index contributed by atoms with van der Waals surface area (Å²) in [7, 11) is 0. The van der Waals surface area contributed by atoms with Crippen molar-refractivity contribution in [1.29, 1.82) is 0 Å². The Kier molecular flexibility index (Phi) is 2.29. The van der Waals surface area contributed by atoms with E-state index in [1.807, 2.05) is 0 Å². The van der Waals surface area contributed by atoms with Crippen LogP contribution >= 0.6 is 0 Å². The van der Waals surface area contributed by atoms with Gasteiger partial charge in [-0.1, -0.05) is 6.07 Å². The minimum Gasteiger partial charge on any atom is -0.504 e. The quantitative estimate of drug-likeness (QED) is 0.391. The maximum absolute atomic E-state index is 10.4. The summed E-state index contributed by atoms with van der Waals surface area (Å²) in [6.07, 6.45) is -1.34. The number of hydrogen-bond donors (Lipinski definition) is 3. The summed E-state index contributed by atoms with van der Waals surface area (Å²) < 4.78 is 21.0. The van der Waals surface area contributed by atoms with Crippen LogP contribution < -0.4 is 0 Å². The molecule has 15 heavy (non-hydrogen) atoms. The van der Waals surface area contributed by atoms with E-state index < -0.39 is 25.4 Å². The van der Waals surface area contributed by atoms with Crippen molar-refractivity contribution in [3.8, 4) is 11.5 Å². The molecule has 3 N–H and O–H groups in total. The molecule has 0 fully saturated rings. The lowest BCUT2D eigenvalue weighted by Crippen LogP contribution is -2.18. The Morgan fingerprint density at radius 3 is 2.80 bits per heavy atom. The molecular formula is C9H12N2O4. The van der Waals surface area contributed by atoms with Gasteiger partial charge in [-0.05, 0) is 17.7 Å². The third kappa shape index (κ3) is 2.81. The third-order valence-corrected chi connectivity index (χ3v) is 1.83. The number of hydrogen-bond acceptors (Lipinski definition) is 5. The molecule has 0 aliphatic heterocycles. The number of aliphatic hydroxyl groups excluding tert-OH is 1. The van der Waals surface area contributed by atoms with Gasteiger partial charge in [-0.3, -0.25) is 5.01 Å². The Morgan fingerprint density at radius 2 is 2.27 bits per heavy atom. The Bertz CT molecular complexity index is 438. The first-order chi connectivity index (χ1) is 8.25. The van der Waals surface area contributed by atoms with E-state index in [1.165, 1.54) is 6.07 Å². The van der Waals surface area contributed by atoms with Gasteiger partial charge in [0.05, 0.1) is 17.9 Å². The number of nitroso groups, excluding NO2 is 1. The lowest BCUT2D eigenvalue weighted by Gasteiger charge is -2.15. The number of aliphatic hydroxyl groups is 1. The molecule has 0 amide bonds. The molecule has 0 spiro atoms. The monoisotopic (exact) mass is 215 g/mol. The van der Waals surface area contributed by atoms with Crippen molar-refractivity contribution < 1.29 is 19.4 Å². The van der Waals surface area contributed by atoms with E-state index in [2.05, 4.69) is 5.29 Å². The number of phenols is 2. The van der Waals surface area contributed by atoms with E-state index in [9.17, 15) is 15.1 Å². The van der Waals surface area contributed by atoms with Gasteiger partial charge >= 0.3 is 0 Å². The summed E-state index contributed by atoms with van der Waals surface area (Å²) in [5, 5.41) is 30.6. The van der Waals surface area contributed by atoms with Gasteiger partial charge in [0, 0.05) is 11.1 Å². The molecule has 0 saturated heterocycles. The highest BCUT2D eigenvalue weighted by Crippen LogP contribution is 2.27. The average Bonchev–Trinajstić information content (AvgIpc) is 2.27. The molecule has 1 rings (SSSR count). The van der Waals surface area contributed by atoms with Crippen molar-refractivity contribution in [3.05, 3.63) is 28.7 Å². The molecule has 0 saturated carbocycles. The van der Waals surface area contributed by atoms with Crippen molar-refractivity contribution in [1.82, 2.24) is 5.01 Å². The first-order valence-corrected chi connectivity index (χ1v) is 4.06. The summed E-state index contributed by atoms with van der Waals surface area (Å²) in [5.41, 5.74) is 0.156. The van der Waals surface area contributed by atoms with Crippen LogP contribution in [0.2, 0.25) is 0 Å². The highest BCUT2D eigenvalue weighted by molar-refractivity contribution is 5.41. The van der Waals surface area contributed by atoms with E-state index in [0.29, 0.717) is 0 Å². The predicted molar refractivity (Wildman–Crippen MR) is 53.2 cm³/mol. The van der Waals surface area contributed by atoms with Crippen LogP contribution in [0.5, 0.6) is 11.5 Å². The third-order valence-electron chi connectivity index (χ3n) is 1.83. The predicted octanol–water partition coefficient (Wildman–Crippen LogP) is 0.744. The first-order valence-electron chi connectivity index (χ1n) is 5.56. The van der Waals surface area contributed by atoms with Crippen LogP contribution in [0.25, 0.3) is 0 Å². The summed E-state index contributed by atoms with van der Waals surface area (Å²) >= 11 is 0. The van der Waals surface area contributed by atoms with Crippen LogP contribution in [-0.2, 0) is 0 Å². The van der Waals surface area contributed by atoms with Crippen LogP contribution in [-0.4, -0.2) is 33.8 Å². The lowest BCUT2D eigenvalue weighted by molar-refractivity contribution is 0.127. The highest BCUT2D eigenvalue weighted by atomic mass is 16.3. The first kappa shape index (κ1) is 7.47. The second-order valence-electron chi connectivity index (χ2n) is 2.93. The second kappa shape index (κ2) is 4.61. The molecule has 0 aliphatic carbocycles. The summed E-state index contributed by atoms with van der Waals surface area (Å²) in [5.74, 6) is -0.821. The Balaban J connectivity index is 2.84. The molecule has 1 aromatic carbocycles. The molecule has 1 atom stereocenters. The van der Waals surface area contributed by atoms with Crippen molar-refractivity contribution in [2.75, 3.05) is 13.5 Å². The van der Waals surface area contributed by atoms with Crippen LogP contribution in [0, 0.1) is 4.91 Å². The fourth-order valence-corrected chi connectivity index (χ4v) is 1.05. The molecule has 0 aliphatic rings. The number of nitrogens with zero attached hydrogens (tertiary/aromatic N) is 2. The average molecular weight is 215 g/mol. The van der Waals surface area contributed by atoms with Crippen molar-refractivity contribution in [3.63, 3.8) is 0 Å². The van der Waals surface area contributed by atoms with E-state index in [0.717, 1.165) is 12.1 Å². The van der Waals surface area contributed by atoms with Gasteiger partial charge in [-0.2, -0.15) is 0 Å².